The third-order valence-corrected chi connectivity index (χ3v) is 2.48. The van der Waals surface area contributed by atoms with Gasteiger partial charge in [0.15, 0.2) is 12.4 Å². The Kier molecular flexibility index (Phi) is 4.29. The molecule has 1 N–H and O–H groups in total. The molecular formula is C13H14INO. The topological polar surface area (TPSA) is 24.1 Å². The highest BCUT2D eigenvalue weighted by atomic mass is 127. The predicted octanol–water partition coefficient (Wildman–Crippen LogP) is -0.804. The summed E-state index contributed by atoms with van der Waals surface area (Å²) < 4.78 is 2.03. The minimum atomic E-state index is 0. The Morgan fingerprint density at radius 2 is 1.69 bits per heavy atom. The molecule has 0 saturated carbocycles. The van der Waals surface area contributed by atoms with Crippen LogP contribution in [0.15, 0.2) is 42.7 Å². The smallest absolute Gasteiger partial charge is 0.172 e. The van der Waals surface area contributed by atoms with Crippen LogP contribution in [0.25, 0.3) is 11.1 Å². The highest BCUT2D eigenvalue weighted by molar-refractivity contribution is 5.66. The van der Waals surface area contributed by atoms with Crippen LogP contribution in [-0.2, 0) is 7.05 Å². The van der Waals surface area contributed by atoms with E-state index in [-0.39, 0.29) is 24.0 Å². The molecule has 0 radical (unpaired) electrons. The van der Waals surface area contributed by atoms with Crippen molar-refractivity contribution in [2.45, 2.75) is 6.92 Å². The molecule has 3 heteroatoms. The zero-order chi connectivity index (χ0) is 10.8. The summed E-state index contributed by atoms with van der Waals surface area (Å²) in [5, 5.41) is 9.21. The number of pyridine rings is 1. The van der Waals surface area contributed by atoms with E-state index in [0.29, 0.717) is 5.75 Å². The van der Waals surface area contributed by atoms with Gasteiger partial charge in [-0.2, -0.15) is 0 Å². The third-order valence-electron chi connectivity index (χ3n) is 2.48. The number of rotatable bonds is 1. The Balaban J connectivity index is 0.00000128. The van der Waals surface area contributed by atoms with Gasteiger partial charge >= 0.3 is 0 Å². The summed E-state index contributed by atoms with van der Waals surface area (Å²) in [6.07, 6.45) is 4.11. The first-order valence-corrected chi connectivity index (χ1v) is 4.92. The Hall–Kier alpha value is -1.10. The molecule has 0 fully saturated rings. The molecule has 2 aromatic rings. The summed E-state index contributed by atoms with van der Waals surface area (Å²) in [5.41, 5.74) is 3.56. The summed E-state index contributed by atoms with van der Waals surface area (Å²) in [5.74, 6) is 0.304. The number of benzene rings is 1. The second-order valence-corrected chi connectivity index (χ2v) is 3.75. The van der Waals surface area contributed by atoms with Crippen LogP contribution >= 0.6 is 0 Å². The molecule has 0 spiro atoms. The van der Waals surface area contributed by atoms with Crippen molar-refractivity contribution in [3.05, 3.63) is 48.3 Å². The Morgan fingerprint density at radius 1 is 1.06 bits per heavy atom. The molecule has 0 bridgehead atoms. The van der Waals surface area contributed by atoms with Crippen molar-refractivity contribution >= 4 is 0 Å². The van der Waals surface area contributed by atoms with Gasteiger partial charge in [-0.1, -0.05) is 12.1 Å². The summed E-state index contributed by atoms with van der Waals surface area (Å²) in [4.78, 5) is 0. The number of hydrogen-bond donors (Lipinski definition) is 1. The number of aromatic nitrogens is 1. The molecule has 0 unspecified atom stereocenters. The van der Waals surface area contributed by atoms with Gasteiger partial charge in [0.05, 0.1) is 0 Å². The lowest BCUT2D eigenvalue weighted by atomic mass is 10.0. The van der Waals surface area contributed by atoms with Gasteiger partial charge in [0.1, 0.15) is 12.8 Å². The number of aryl methyl sites for hydroxylation is 2. The minimum Gasteiger partial charge on any atom is -1.00 e. The van der Waals surface area contributed by atoms with E-state index in [9.17, 15) is 5.11 Å². The van der Waals surface area contributed by atoms with Gasteiger partial charge in [-0.3, -0.25) is 0 Å². The van der Waals surface area contributed by atoms with Gasteiger partial charge < -0.3 is 29.1 Å². The van der Waals surface area contributed by atoms with Crippen molar-refractivity contribution in [1.82, 2.24) is 0 Å². The molecule has 84 valence electrons. The Labute approximate surface area is 113 Å². The highest BCUT2D eigenvalue weighted by Crippen LogP contribution is 2.23. The van der Waals surface area contributed by atoms with Gasteiger partial charge in [-0.15, -0.1) is 0 Å². The van der Waals surface area contributed by atoms with Crippen LogP contribution in [0.3, 0.4) is 0 Å². The normalized spacial score (nSPS) is 9.62. The van der Waals surface area contributed by atoms with Crippen molar-refractivity contribution < 1.29 is 33.7 Å². The largest absolute Gasteiger partial charge is 1.00 e. The number of phenolic OH excluding ortho intramolecular Hbond substituents is 1. The van der Waals surface area contributed by atoms with E-state index in [0.717, 1.165) is 5.56 Å². The van der Waals surface area contributed by atoms with Crippen LogP contribution in [0.1, 0.15) is 5.56 Å². The zero-order valence-electron chi connectivity index (χ0n) is 9.31. The van der Waals surface area contributed by atoms with Gasteiger partial charge in [-0.05, 0) is 30.2 Å². The van der Waals surface area contributed by atoms with Gasteiger partial charge in [0, 0.05) is 11.6 Å². The van der Waals surface area contributed by atoms with Crippen LogP contribution in [0.2, 0.25) is 0 Å². The lowest BCUT2D eigenvalue weighted by molar-refractivity contribution is -0.671. The van der Waals surface area contributed by atoms with Crippen LogP contribution < -0.4 is 28.5 Å². The number of hydrogen-bond acceptors (Lipinski definition) is 1. The second kappa shape index (κ2) is 5.30. The standard InChI is InChI=1S/C13H13NO.HI/c1-10-9-14(2)8-7-13(10)11-3-5-12(15)6-4-11;/h3-9H,1-2H3;1H. The van der Waals surface area contributed by atoms with Crippen LogP contribution in [0.4, 0.5) is 0 Å². The molecular weight excluding hydrogens is 313 g/mol. The summed E-state index contributed by atoms with van der Waals surface area (Å²) >= 11 is 0. The maximum atomic E-state index is 9.21. The molecule has 1 aromatic heterocycles. The van der Waals surface area contributed by atoms with Crippen molar-refractivity contribution in [2.24, 2.45) is 7.05 Å². The number of phenols is 1. The summed E-state index contributed by atoms with van der Waals surface area (Å²) in [6, 6.07) is 9.36. The van der Waals surface area contributed by atoms with E-state index in [1.165, 1.54) is 11.1 Å². The van der Waals surface area contributed by atoms with Crippen LogP contribution in [-0.4, -0.2) is 5.11 Å². The van der Waals surface area contributed by atoms with Gasteiger partial charge in [0.2, 0.25) is 0 Å². The molecule has 0 aliphatic heterocycles. The highest BCUT2D eigenvalue weighted by Gasteiger charge is 2.04. The van der Waals surface area contributed by atoms with E-state index >= 15 is 0 Å². The lowest BCUT2D eigenvalue weighted by Gasteiger charge is -2.04. The van der Waals surface area contributed by atoms with Crippen LogP contribution in [0, 0.1) is 6.92 Å². The van der Waals surface area contributed by atoms with Gasteiger partial charge in [0.25, 0.3) is 0 Å². The van der Waals surface area contributed by atoms with Crippen molar-refractivity contribution in [1.29, 1.82) is 0 Å². The van der Waals surface area contributed by atoms with E-state index in [1.807, 2.05) is 29.9 Å². The Bertz CT molecular complexity index is 480. The molecule has 2 nitrogen and oxygen atoms in total. The van der Waals surface area contributed by atoms with Crippen molar-refractivity contribution in [2.75, 3.05) is 0 Å². The molecule has 0 amide bonds. The summed E-state index contributed by atoms with van der Waals surface area (Å²) in [7, 11) is 2.01. The molecule has 0 saturated heterocycles. The number of nitrogens with zero attached hydrogens (tertiary/aromatic N) is 1. The predicted molar refractivity (Wildman–Crippen MR) is 59.5 cm³/mol. The average molecular weight is 327 g/mol. The van der Waals surface area contributed by atoms with Crippen LogP contribution in [0.5, 0.6) is 5.75 Å². The Morgan fingerprint density at radius 3 is 2.25 bits per heavy atom. The molecule has 0 aliphatic carbocycles. The van der Waals surface area contributed by atoms with Crippen molar-refractivity contribution in [3.63, 3.8) is 0 Å². The maximum Gasteiger partial charge on any atom is 0.172 e. The maximum absolute atomic E-state index is 9.21. The van der Waals surface area contributed by atoms with E-state index in [4.69, 9.17) is 0 Å². The fraction of sp³-hybridized carbons (Fsp3) is 0.154. The molecule has 0 atom stereocenters. The summed E-state index contributed by atoms with van der Waals surface area (Å²) in [6.45, 7) is 2.09. The quantitative estimate of drug-likeness (QED) is 0.538. The number of halogens is 1. The van der Waals surface area contributed by atoms with E-state index in [2.05, 4.69) is 19.2 Å². The molecule has 1 heterocycles. The first-order chi connectivity index (χ1) is 7.16. The lowest BCUT2D eigenvalue weighted by Crippen LogP contribution is -3.00. The monoisotopic (exact) mass is 327 g/mol. The average Bonchev–Trinajstić information content (AvgIpc) is 2.20. The van der Waals surface area contributed by atoms with E-state index < -0.39 is 0 Å². The zero-order valence-corrected chi connectivity index (χ0v) is 11.5. The second-order valence-electron chi connectivity index (χ2n) is 3.75. The molecule has 1 aromatic carbocycles. The molecule has 2 rings (SSSR count). The molecule has 0 aliphatic rings. The van der Waals surface area contributed by atoms with Crippen molar-refractivity contribution in [3.8, 4) is 16.9 Å². The number of aromatic hydroxyl groups is 1. The SMILES string of the molecule is Cc1c[n+](C)ccc1-c1ccc(O)cc1.[I-]. The fourth-order valence-corrected chi connectivity index (χ4v) is 1.71. The first-order valence-electron chi connectivity index (χ1n) is 4.92. The molecule has 16 heavy (non-hydrogen) atoms. The minimum absolute atomic E-state index is 0. The van der Waals surface area contributed by atoms with Gasteiger partial charge in [-0.25, -0.2) is 4.57 Å². The first kappa shape index (κ1) is 13.0. The van der Waals surface area contributed by atoms with E-state index in [1.54, 1.807) is 12.1 Å². The third kappa shape index (κ3) is 2.72. The fourth-order valence-electron chi connectivity index (χ4n) is 1.71.